The van der Waals surface area contributed by atoms with Crippen LogP contribution in [0.15, 0.2) is 24.3 Å². The van der Waals surface area contributed by atoms with Crippen molar-refractivity contribution in [1.29, 1.82) is 0 Å². The summed E-state index contributed by atoms with van der Waals surface area (Å²) in [6.45, 7) is 2.68. The quantitative estimate of drug-likeness (QED) is 0.911. The highest BCUT2D eigenvalue weighted by Gasteiger charge is 2.30. The van der Waals surface area contributed by atoms with Crippen LogP contribution >= 0.6 is 11.6 Å². The van der Waals surface area contributed by atoms with Gasteiger partial charge in [0, 0.05) is 13.1 Å². The molecule has 126 valence electrons. The third kappa shape index (κ3) is 2.99. The molecule has 1 aliphatic heterocycles. The molecule has 8 heteroatoms. The largest absolute Gasteiger partial charge is 0.369 e. The molecule has 2 amide bonds. The molecule has 0 spiro atoms. The number of hydrogen-bond donors (Lipinski definition) is 1. The first kappa shape index (κ1) is 16.4. The Labute approximate surface area is 144 Å². The second-order valence-electron chi connectivity index (χ2n) is 5.88. The Morgan fingerprint density at radius 3 is 2.79 bits per heavy atom. The van der Waals surface area contributed by atoms with Crippen LogP contribution in [-0.4, -0.2) is 44.8 Å². The lowest BCUT2D eigenvalue weighted by molar-refractivity contribution is -0.123. The predicted octanol–water partition coefficient (Wildman–Crippen LogP) is 1.57. The van der Waals surface area contributed by atoms with Gasteiger partial charge in [-0.2, -0.15) is 0 Å². The van der Waals surface area contributed by atoms with E-state index in [9.17, 15) is 9.59 Å². The Morgan fingerprint density at radius 1 is 1.33 bits per heavy atom. The number of hydrogen-bond acceptors (Lipinski definition) is 4. The second-order valence-corrected chi connectivity index (χ2v) is 6.29. The maximum atomic E-state index is 12.7. The number of halogens is 1. The van der Waals surface area contributed by atoms with Crippen LogP contribution in [0.1, 0.15) is 29.0 Å². The van der Waals surface area contributed by atoms with Crippen molar-refractivity contribution in [3.63, 3.8) is 0 Å². The molecule has 2 aromatic rings. The average molecular weight is 348 g/mol. The van der Waals surface area contributed by atoms with Gasteiger partial charge in [0.1, 0.15) is 0 Å². The lowest BCUT2D eigenvalue weighted by Crippen LogP contribution is -2.44. The summed E-state index contributed by atoms with van der Waals surface area (Å²) < 4.78 is 1.55. The van der Waals surface area contributed by atoms with E-state index in [1.807, 2.05) is 18.2 Å². The van der Waals surface area contributed by atoms with Crippen LogP contribution in [0.4, 0.5) is 0 Å². The molecule has 2 N–H and O–H groups in total. The smallest absolute Gasteiger partial charge is 0.276 e. The van der Waals surface area contributed by atoms with Crippen LogP contribution in [0.2, 0.25) is 5.02 Å². The van der Waals surface area contributed by atoms with Crippen molar-refractivity contribution in [3.8, 4) is 5.69 Å². The van der Waals surface area contributed by atoms with E-state index in [1.54, 1.807) is 22.6 Å². The number of nitrogens with zero attached hydrogens (tertiary/aromatic N) is 4. The third-order valence-corrected chi connectivity index (χ3v) is 4.61. The number of benzene rings is 1. The fourth-order valence-electron chi connectivity index (χ4n) is 2.92. The van der Waals surface area contributed by atoms with E-state index in [0.29, 0.717) is 35.9 Å². The molecule has 1 saturated heterocycles. The molecule has 0 saturated carbocycles. The van der Waals surface area contributed by atoms with Crippen LogP contribution in [0.25, 0.3) is 5.69 Å². The Morgan fingerprint density at radius 2 is 2.08 bits per heavy atom. The highest BCUT2D eigenvalue weighted by molar-refractivity contribution is 6.32. The highest BCUT2D eigenvalue weighted by Crippen LogP contribution is 2.23. The summed E-state index contributed by atoms with van der Waals surface area (Å²) in [5.74, 6) is -0.915. The number of likely N-dealkylation sites (tertiary alicyclic amines) is 1. The Kier molecular flexibility index (Phi) is 4.53. The molecule has 1 aromatic heterocycles. The molecule has 0 aliphatic carbocycles. The minimum Gasteiger partial charge on any atom is -0.369 e. The van der Waals surface area contributed by atoms with Crippen LogP contribution in [0.5, 0.6) is 0 Å². The summed E-state index contributed by atoms with van der Waals surface area (Å²) in [5, 5.41) is 8.61. The first-order valence-corrected chi connectivity index (χ1v) is 8.12. The van der Waals surface area contributed by atoms with Crippen molar-refractivity contribution in [3.05, 3.63) is 40.7 Å². The van der Waals surface area contributed by atoms with Gasteiger partial charge in [0.25, 0.3) is 5.91 Å². The van der Waals surface area contributed by atoms with Gasteiger partial charge in [-0.25, -0.2) is 4.68 Å². The Balaban J connectivity index is 1.87. The maximum absolute atomic E-state index is 12.7. The van der Waals surface area contributed by atoms with Crippen molar-refractivity contribution < 1.29 is 9.59 Å². The van der Waals surface area contributed by atoms with E-state index in [1.165, 1.54) is 0 Å². The molecule has 7 nitrogen and oxygen atoms in total. The van der Waals surface area contributed by atoms with Crippen molar-refractivity contribution in [2.45, 2.75) is 19.8 Å². The third-order valence-electron chi connectivity index (χ3n) is 4.29. The monoisotopic (exact) mass is 347 g/mol. The first-order chi connectivity index (χ1) is 11.5. The topological polar surface area (TPSA) is 94.1 Å². The lowest BCUT2D eigenvalue weighted by atomic mass is 9.97. The molecule has 1 fully saturated rings. The standard InChI is InChI=1S/C16H18ClN5O2/c1-10-14(16(24)21-8-4-5-11(9-21)15(18)23)19-20-22(10)13-7-3-2-6-12(13)17/h2-3,6-7,11H,4-5,8-9H2,1H3,(H2,18,23)/t11-/m0/s1. The molecule has 0 unspecified atom stereocenters. The average Bonchev–Trinajstić information content (AvgIpc) is 2.96. The SMILES string of the molecule is Cc1c(C(=O)N2CCC[C@H](C(N)=O)C2)nnn1-c1ccccc1Cl. The summed E-state index contributed by atoms with van der Waals surface area (Å²) >= 11 is 6.19. The number of nitrogens with two attached hydrogens (primary N) is 1. The number of aromatic nitrogens is 3. The Hall–Kier alpha value is -2.41. The van der Waals surface area contributed by atoms with Crippen LogP contribution < -0.4 is 5.73 Å². The van der Waals surface area contributed by atoms with Gasteiger partial charge >= 0.3 is 0 Å². The number of rotatable bonds is 3. The van der Waals surface area contributed by atoms with Crippen LogP contribution in [0.3, 0.4) is 0 Å². The summed E-state index contributed by atoms with van der Waals surface area (Å²) in [4.78, 5) is 25.8. The van der Waals surface area contributed by atoms with E-state index < -0.39 is 0 Å². The molecular formula is C16H18ClN5O2. The van der Waals surface area contributed by atoms with Crippen LogP contribution in [-0.2, 0) is 4.79 Å². The van der Waals surface area contributed by atoms with Gasteiger partial charge in [-0.3, -0.25) is 9.59 Å². The molecule has 0 bridgehead atoms. The zero-order valence-electron chi connectivity index (χ0n) is 13.3. The van der Waals surface area contributed by atoms with E-state index >= 15 is 0 Å². The van der Waals surface area contributed by atoms with Gasteiger partial charge in [0.15, 0.2) is 5.69 Å². The van der Waals surface area contributed by atoms with Crippen molar-refractivity contribution in [1.82, 2.24) is 19.9 Å². The molecule has 24 heavy (non-hydrogen) atoms. The summed E-state index contributed by atoms with van der Waals surface area (Å²) in [6.07, 6.45) is 1.46. The van der Waals surface area contributed by atoms with Gasteiger partial charge in [-0.1, -0.05) is 28.9 Å². The van der Waals surface area contributed by atoms with E-state index in [-0.39, 0.29) is 23.4 Å². The van der Waals surface area contributed by atoms with Gasteiger partial charge < -0.3 is 10.6 Å². The zero-order chi connectivity index (χ0) is 17.3. The molecule has 1 atom stereocenters. The van der Waals surface area contributed by atoms with Crippen LogP contribution in [0, 0.1) is 12.8 Å². The molecule has 2 heterocycles. The fraction of sp³-hybridized carbons (Fsp3) is 0.375. The van der Waals surface area contributed by atoms with E-state index in [2.05, 4.69) is 10.3 Å². The van der Waals surface area contributed by atoms with Gasteiger partial charge in [0.2, 0.25) is 5.91 Å². The molecule has 1 aliphatic rings. The number of carbonyl (C=O) groups excluding carboxylic acids is 2. The minimum absolute atomic E-state index is 0.239. The normalized spacial score (nSPS) is 17.8. The van der Waals surface area contributed by atoms with Gasteiger partial charge in [-0.05, 0) is 31.9 Å². The van der Waals surface area contributed by atoms with E-state index in [0.717, 1.165) is 6.42 Å². The highest BCUT2D eigenvalue weighted by atomic mass is 35.5. The van der Waals surface area contributed by atoms with Crippen molar-refractivity contribution >= 4 is 23.4 Å². The number of primary amides is 1. The fourth-order valence-corrected chi connectivity index (χ4v) is 3.14. The lowest BCUT2D eigenvalue weighted by Gasteiger charge is -2.30. The molecule has 3 rings (SSSR count). The summed E-state index contributed by atoms with van der Waals surface area (Å²) in [5.41, 5.74) is 6.90. The van der Waals surface area contributed by atoms with Crippen molar-refractivity contribution in [2.24, 2.45) is 11.7 Å². The minimum atomic E-state index is -0.371. The molecule has 1 aromatic carbocycles. The van der Waals surface area contributed by atoms with Crippen molar-refractivity contribution in [2.75, 3.05) is 13.1 Å². The number of carbonyl (C=O) groups is 2. The Bertz CT molecular complexity index is 789. The van der Waals surface area contributed by atoms with Gasteiger partial charge in [-0.15, -0.1) is 5.10 Å². The number of para-hydroxylation sites is 1. The second kappa shape index (κ2) is 6.60. The zero-order valence-corrected chi connectivity index (χ0v) is 14.0. The summed E-state index contributed by atoms with van der Waals surface area (Å²) in [6, 6.07) is 7.22. The molecule has 0 radical (unpaired) electrons. The molecular weight excluding hydrogens is 330 g/mol. The van der Waals surface area contributed by atoms with E-state index in [4.69, 9.17) is 17.3 Å². The number of amides is 2. The summed E-state index contributed by atoms with van der Waals surface area (Å²) in [7, 11) is 0. The number of piperidine rings is 1. The maximum Gasteiger partial charge on any atom is 0.276 e. The predicted molar refractivity (Wildman–Crippen MR) is 88.9 cm³/mol. The van der Waals surface area contributed by atoms with Gasteiger partial charge in [0.05, 0.1) is 22.3 Å². The first-order valence-electron chi connectivity index (χ1n) is 7.75.